The summed E-state index contributed by atoms with van der Waals surface area (Å²) in [6.45, 7) is 0. The molecule has 2 nitrogen and oxygen atoms in total. The highest BCUT2D eigenvalue weighted by molar-refractivity contribution is 14.1. The summed E-state index contributed by atoms with van der Waals surface area (Å²) in [5.74, 6) is -2.05. The summed E-state index contributed by atoms with van der Waals surface area (Å²) >= 11 is 1.80. The lowest BCUT2D eigenvalue weighted by molar-refractivity contribution is 0.506. The van der Waals surface area contributed by atoms with Crippen molar-refractivity contribution in [3.05, 3.63) is 38.5 Å². The van der Waals surface area contributed by atoms with Gasteiger partial charge in [-0.15, -0.1) is 0 Å². The quantitative estimate of drug-likeness (QED) is 0.454. The van der Waals surface area contributed by atoms with Gasteiger partial charge in [-0.3, -0.25) is 0 Å². The van der Waals surface area contributed by atoms with Gasteiger partial charge in [-0.05, 0) is 40.8 Å². The minimum absolute atomic E-state index is 0.0753. The highest BCUT2D eigenvalue weighted by Gasteiger charge is 2.10. The number of hydrogen-bond donors (Lipinski definition) is 0. The zero-order chi connectivity index (χ0) is 11.4. The van der Waals surface area contributed by atoms with E-state index in [1.165, 1.54) is 6.07 Å². The van der Waals surface area contributed by atoms with Gasteiger partial charge in [-0.25, -0.2) is 8.78 Å². The number of hydrogen-bond acceptors (Lipinski definition) is 2. The first kappa shape index (κ1) is 11.6. The van der Waals surface area contributed by atoms with Gasteiger partial charge in [0.05, 0.1) is 0 Å². The number of halogens is 3. The summed E-state index contributed by atoms with van der Waals surface area (Å²) in [4.78, 5) is 0. The number of nitriles is 2. The minimum Gasteiger partial charge on any atom is -0.204 e. The molecule has 5 heteroatoms. The van der Waals surface area contributed by atoms with Crippen LogP contribution in [0.15, 0.2) is 17.7 Å². The molecule has 15 heavy (non-hydrogen) atoms. The van der Waals surface area contributed by atoms with Gasteiger partial charge in [-0.1, -0.05) is 0 Å². The number of rotatable bonds is 1. The molecule has 0 heterocycles. The first-order valence-corrected chi connectivity index (χ1v) is 4.83. The van der Waals surface area contributed by atoms with Crippen LogP contribution >= 0.6 is 22.6 Å². The van der Waals surface area contributed by atoms with E-state index in [-0.39, 0.29) is 11.1 Å². The van der Waals surface area contributed by atoms with Crippen LogP contribution in [0.3, 0.4) is 0 Å². The van der Waals surface area contributed by atoms with Crippen molar-refractivity contribution in [1.82, 2.24) is 0 Å². The molecule has 0 saturated carbocycles. The number of allylic oxidation sites excluding steroid dienone is 1. The summed E-state index contributed by atoms with van der Waals surface area (Å²) in [6, 6.07) is 5.53. The van der Waals surface area contributed by atoms with Crippen LogP contribution in [0.1, 0.15) is 5.56 Å². The van der Waals surface area contributed by atoms with Crippen molar-refractivity contribution in [2.45, 2.75) is 0 Å². The smallest absolute Gasteiger partial charge is 0.167 e. The summed E-state index contributed by atoms with van der Waals surface area (Å²) < 4.78 is 26.5. The van der Waals surface area contributed by atoms with Crippen molar-refractivity contribution in [2.75, 3.05) is 0 Å². The van der Waals surface area contributed by atoms with Crippen LogP contribution in [0.4, 0.5) is 8.78 Å². The topological polar surface area (TPSA) is 47.6 Å². The van der Waals surface area contributed by atoms with Gasteiger partial charge >= 0.3 is 0 Å². The summed E-state index contributed by atoms with van der Waals surface area (Å²) in [7, 11) is 0. The van der Waals surface area contributed by atoms with E-state index in [0.29, 0.717) is 3.57 Å². The molecule has 1 aromatic carbocycles. The van der Waals surface area contributed by atoms with E-state index >= 15 is 0 Å². The third-order valence-electron chi connectivity index (χ3n) is 1.61. The van der Waals surface area contributed by atoms with Gasteiger partial charge in [0.25, 0.3) is 0 Å². The van der Waals surface area contributed by atoms with Crippen molar-refractivity contribution in [2.24, 2.45) is 0 Å². The molecule has 0 aliphatic heterocycles. The zero-order valence-electron chi connectivity index (χ0n) is 7.26. The Bertz CT molecular complexity index is 493. The predicted octanol–water partition coefficient (Wildman–Crippen LogP) is 3.00. The first-order valence-electron chi connectivity index (χ1n) is 3.75. The Balaban J connectivity index is 3.40. The van der Waals surface area contributed by atoms with Crippen molar-refractivity contribution in [3.63, 3.8) is 0 Å². The second-order valence-corrected chi connectivity index (χ2v) is 3.70. The number of benzene rings is 1. The fraction of sp³-hybridized carbons (Fsp3) is 0. The van der Waals surface area contributed by atoms with E-state index in [4.69, 9.17) is 10.5 Å². The third kappa shape index (κ3) is 2.51. The van der Waals surface area contributed by atoms with Gasteiger partial charge in [0.15, 0.2) is 11.6 Å². The molecule has 0 fully saturated rings. The maximum absolute atomic E-state index is 13.3. The number of nitrogens with zero attached hydrogens (tertiary/aromatic N) is 2. The summed E-state index contributed by atoms with van der Waals surface area (Å²) in [5.41, 5.74) is -0.342. The monoisotopic (exact) mass is 316 g/mol. The molecule has 0 spiro atoms. The molecule has 0 N–H and O–H groups in total. The Hall–Kier alpha value is -1.47. The lowest BCUT2D eigenvalue weighted by Gasteiger charge is -2.01. The zero-order valence-corrected chi connectivity index (χ0v) is 9.42. The van der Waals surface area contributed by atoms with Gasteiger partial charge in [0.2, 0.25) is 0 Å². The Morgan fingerprint density at radius 2 is 1.87 bits per heavy atom. The Morgan fingerprint density at radius 3 is 2.40 bits per heavy atom. The largest absolute Gasteiger partial charge is 0.204 e. The average Bonchev–Trinajstić information content (AvgIpc) is 2.24. The molecule has 0 atom stereocenters. The van der Waals surface area contributed by atoms with Gasteiger partial charge < -0.3 is 0 Å². The summed E-state index contributed by atoms with van der Waals surface area (Å²) in [5, 5.41) is 17.0. The van der Waals surface area contributed by atoms with E-state index < -0.39 is 11.6 Å². The molecular weight excluding hydrogens is 313 g/mol. The van der Waals surface area contributed by atoms with E-state index in [0.717, 1.165) is 12.1 Å². The van der Waals surface area contributed by atoms with Crippen LogP contribution < -0.4 is 0 Å². The SMILES string of the molecule is N#CC(C#N)=Cc1c(I)ccc(F)c1F. The van der Waals surface area contributed by atoms with Gasteiger partial charge in [-0.2, -0.15) is 10.5 Å². The highest BCUT2D eigenvalue weighted by Crippen LogP contribution is 2.21. The van der Waals surface area contributed by atoms with Crippen LogP contribution in [-0.4, -0.2) is 0 Å². The molecule has 0 unspecified atom stereocenters. The molecule has 1 aromatic rings. The molecule has 0 aliphatic carbocycles. The summed E-state index contributed by atoms with van der Waals surface area (Å²) in [6.07, 6.45) is 1.03. The van der Waals surface area contributed by atoms with Crippen molar-refractivity contribution >= 4 is 28.7 Å². The van der Waals surface area contributed by atoms with Gasteiger partial charge in [0.1, 0.15) is 17.7 Å². The lowest BCUT2D eigenvalue weighted by Crippen LogP contribution is -1.92. The van der Waals surface area contributed by atoms with Crippen molar-refractivity contribution < 1.29 is 8.78 Å². The second-order valence-electron chi connectivity index (χ2n) is 2.54. The van der Waals surface area contributed by atoms with E-state index in [2.05, 4.69) is 0 Å². The average molecular weight is 316 g/mol. The van der Waals surface area contributed by atoms with Crippen molar-refractivity contribution in [1.29, 1.82) is 10.5 Å². The fourth-order valence-corrected chi connectivity index (χ4v) is 1.48. The molecule has 74 valence electrons. The van der Waals surface area contributed by atoms with E-state index in [1.54, 1.807) is 34.7 Å². The Kier molecular flexibility index (Phi) is 3.75. The van der Waals surface area contributed by atoms with Crippen LogP contribution in [0.25, 0.3) is 6.08 Å². The van der Waals surface area contributed by atoms with Crippen LogP contribution in [0.5, 0.6) is 0 Å². The minimum atomic E-state index is -1.05. The molecule has 0 aliphatic rings. The molecule has 0 amide bonds. The van der Waals surface area contributed by atoms with Crippen LogP contribution in [-0.2, 0) is 0 Å². The van der Waals surface area contributed by atoms with E-state index in [9.17, 15) is 8.78 Å². The Morgan fingerprint density at radius 1 is 1.27 bits per heavy atom. The van der Waals surface area contributed by atoms with Crippen LogP contribution in [0.2, 0.25) is 0 Å². The Labute approximate surface area is 98.6 Å². The maximum Gasteiger partial charge on any atom is 0.167 e. The molecular formula is C10H3F2IN2. The molecule has 0 aromatic heterocycles. The van der Waals surface area contributed by atoms with E-state index in [1.807, 2.05) is 0 Å². The molecule has 0 saturated heterocycles. The maximum atomic E-state index is 13.3. The normalized spacial score (nSPS) is 8.87. The first-order chi connectivity index (χ1) is 7.10. The highest BCUT2D eigenvalue weighted by atomic mass is 127. The molecule has 1 rings (SSSR count). The van der Waals surface area contributed by atoms with Gasteiger partial charge in [0, 0.05) is 9.13 Å². The third-order valence-corrected chi connectivity index (χ3v) is 2.55. The van der Waals surface area contributed by atoms with Crippen LogP contribution in [0, 0.1) is 37.9 Å². The lowest BCUT2D eigenvalue weighted by atomic mass is 10.1. The standard InChI is InChI=1S/C10H3F2IN2/c11-8-1-2-9(13)7(10(8)12)3-6(4-14)5-15/h1-3H. The fourth-order valence-electron chi connectivity index (χ4n) is 0.909. The second kappa shape index (κ2) is 4.85. The predicted molar refractivity (Wildman–Crippen MR) is 58.3 cm³/mol. The molecule has 0 bridgehead atoms. The van der Waals surface area contributed by atoms with Crippen molar-refractivity contribution in [3.8, 4) is 12.1 Å². The molecule has 0 radical (unpaired) electrons.